The molecule has 2 aromatic carbocycles. The summed E-state index contributed by atoms with van der Waals surface area (Å²) in [5.41, 5.74) is 0. The molecule has 2 rings (SSSR count). The number of hydrogen-bond donors (Lipinski definition) is 2. The molecule has 97 valence electrons. The van der Waals surface area contributed by atoms with E-state index in [0.717, 1.165) is 19.8 Å². The van der Waals surface area contributed by atoms with E-state index in [2.05, 4.69) is 0 Å². The fraction of sp³-hybridized carbons (Fsp3) is 0. The van der Waals surface area contributed by atoms with Crippen molar-refractivity contribution in [2.45, 2.75) is 0 Å². The minimum Gasteiger partial charge on any atom is -0.524 e. The molecule has 19 heavy (non-hydrogen) atoms. The Morgan fingerprint density at radius 3 is 1.63 bits per heavy atom. The van der Waals surface area contributed by atoms with Gasteiger partial charge in [0.2, 0.25) is 0 Å². The van der Waals surface area contributed by atoms with E-state index in [1.54, 1.807) is 0 Å². The third kappa shape index (κ3) is 2.87. The van der Waals surface area contributed by atoms with Gasteiger partial charge in [-0.3, -0.25) is 0 Å². The second-order valence-electron chi connectivity index (χ2n) is 3.51. The summed E-state index contributed by atoms with van der Waals surface area (Å²) in [5, 5.41) is 18.6. The van der Waals surface area contributed by atoms with Gasteiger partial charge in [0.1, 0.15) is 11.5 Å². The number of rotatable bonds is 4. The molecule has 0 heterocycles. The van der Waals surface area contributed by atoms with Crippen LogP contribution < -0.4 is 9.31 Å². The first-order chi connectivity index (χ1) is 9.09. The number of phenolic OH excluding ortho intramolecular Hbond substituents is 2. The zero-order valence-electron chi connectivity index (χ0n) is 9.51. The van der Waals surface area contributed by atoms with E-state index < -0.39 is 23.1 Å². The number of benzene rings is 2. The minimum atomic E-state index is -0.848. The van der Waals surface area contributed by atoms with E-state index in [9.17, 15) is 19.0 Å². The smallest absolute Gasteiger partial charge is 0.524 e. The third-order valence-electron chi connectivity index (χ3n) is 2.25. The van der Waals surface area contributed by atoms with Gasteiger partial charge in [-0.2, -0.15) is 0 Å². The van der Waals surface area contributed by atoms with Crippen LogP contribution in [0.1, 0.15) is 0 Å². The number of aromatic hydroxyl groups is 2. The fourth-order valence-corrected chi connectivity index (χ4v) is 1.31. The van der Waals surface area contributed by atoms with Crippen LogP contribution in [0.5, 0.6) is 23.0 Å². The topological polar surface area (TPSA) is 58.9 Å². The molecule has 0 aromatic heterocycles. The highest BCUT2D eigenvalue weighted by Gasteiger charge is 2.12. The van der Waals surface area contributed by atoms with Gasteiger partial charge < -0.3 is 19.5 Å². The summed E-state index contributed by atoms with van der Waals surface area (Å²) in [6, 6.07) is 7.39. The molecule has 0 amide bonds. The summed E-state index contributed by atoms with van der Waals surface area (Å²) < 4.78 is 35.6. The summed E-state index contributed by atoms with van der Waals surface area (Å²) in [7, 11) is 0.739. The minimum absolute atomic E-state index is 0.170. The molecule has 0 bridgehead atoms. The standard InChI is InChI=1S/C12H8BF2O4/c14-7-3-1-5-9(11(7)16)18-13-19-10-6-2-4-8(15)12(10)17/h1-6,16-17H. The van der Waals surface area contributed by atoms with Gasteiger partial charge in [0.05, 0.1) is 0 Å². The van der Waals surface area contributed by atoms with Gasteiger partial charge in [0.15, 0.2) is 23.1 Å². The quantitative estimate of drug-likeness (QED) is 0.833. The first kappa shape index (κ1) is 13.0. The van der Waals surface area contributed by atoms with Gasteiger partial charge in [-0.1, -0.05) is 12.1 Å². The van der Waals surface area contributed by atoms with Crippen LogP contribution in [0.25, 0.3) is 0 Å². The van der Waals surface area contributed by atoms with E-state index in [1.807, 2.05) is 0 Å². The Balaban J connectivity index is 2.00. The summed E-state index contributed by atoms with van der Waals surface area (Å²) in [6.07, 6.45) is 0. The van der Waals surface area contributed by atoms with E-state index in [4.69, 9.17) is 9.31 Å². The molecule has 0 spiro atoms. The first-order valence-electron chi connectivity index (χ1n) is 5.19. The van der Waals surface area contributed by atoms with Crippen molar-refractivity contribution in [3.63, 3.8) is 0 Å². The number of hydrogen-bond acceptors (Lipinski definition) is 4. The molecule has 0 aliphatic heterocycles. The third-order valence-corrected chi connectivity index (χ3v) is 2.25. The van der Waals surface area contributed by atoms with Crippen molar-refractivity contribution in [2.24, 2.45) is 0 Å². The van der Waals surface area contributed by atoms with Crippen molar-refractivity contribution in [1.82, 2.24) is 0 Å². The normalized spacial score (nSPS) is 10.0. The van der Waals surface area contributed by atoms with E-state index in [-0.39, 0.29) is 11.5 Å². The zero-order chi connectivity index (χ0) is 13.8. The summed E-state index contributed by atoms with van der Waals surface area (Å²) >= 11 is 0. The van der Waals surface area contributed by atoms with Crippen LogP contribution in [0.15, 0.2) is 36.4 Å². The van der Waals surface area contributed by atoms with E-state index in [0.29, 0.717) is 0 Å². The van der Waals surface area contributed by atoms with Crippen LogP contribution in [-0.2, 0) is 0 Å². The maximum Gasteiger partial charge on any atom is 0.658 e. The van der Waals surface area contributed by atoms with Gasteiger partial charge in [0.25, 0.3) is 0 Å². The highest BCUT2D eigenvalue weighted by atomic mass is 19.1. The van der Waals surface area contributed by atoms with Crippen LogP contribution in [0, 0.1) is 11.6 Å². The van der Waals surface area contributed by atoms with Crippen molar-refractivity contribution >= 4 is 7.69 Å². The predicted molar refractivity (Wildman–Crippen MR) is 63.1 cm³/mol. The lowest BCUT2D eigenvalue weighted by molar-refractivity contribution is 0.375. The Bertz CT molecular complexity index is 540. The molecule has 0 saturated heterocycles. The maximum atomic E-state index is 13.0. The Morgan fingerprint density at radius 2 is 1.21 bits per heavy atom. The average Bonchev–Trinajstić information content (AvgIpc) is 2.39. The molecule has 0 aliphatic carbocycles. The van der Waals surface area contributed by atoms with Gasteiger partial charge in [-0.15, -0.1) is 0 Å². The average molecular weight is 265 g/mol. The Labute approximate surface area is 108 Å². The van der Waals surface area contributed by atoms with Crippen molar-refractivity contribution in [2.75, 3.05) is 0 Å². The lowest BCUT2D eigenvalue weighted by Crippen LogP contribution is -2.11. The summed E-state index contributed by atoms with van der Waals surface area (Å²) in [5.74, 6) is -3.39. The van der Waals surface area contributed by atoms with E-state index >= 15 is 0 Å². The van der Waals surface area contributed by atoms with Gasteiger partial charge in [0, 0.05) is 0 Å². The van der Waals surface area contributed by atoms with Crippen LogP contribution in [0.2, 0.25) is 0 Å². The lowest BCUT2D eigenvalue weighted by Gasteiger charge is -2.09. The summed E-state index contributed by atoms with van der Waals surface area (Å²) in [4.78, 5) is 0. The molecule has 0 aliphatic rings. The summed E-state index contributed by atoms with van der Waals surface area (Å²) in [6.45, 7) is 0. The Kier molecular flexibility index (Phi) is 3.75. The van der Waals surface area contributed by atoms with Crippen LogP contribution in [0.4, 0.5) is 8.78 Å². The Morgan fingerprint density at radius 1 is 0.789 bits per heavy atom. The van der Waals surface area contributed by atoms with E-state index in [1.165, 1.54) is 24.3 Å². The van der Waals surface area contributed by atoms with Gasteiger partial charge >= 0.3 is 7.69 Å². The Hall–Kier alpha value is -2.44. The van der Waals surface area contributed by atoms with Crippen molar-refractivity contribution in [3.05, 3.63) is 48.0 Å². The van der Waals surface area contributed by atoms with Gasteiger partial charge in [-0.05, 0) is 24.3 Å². The largest absolute Gasteiger partial charge is 0.658 e. The van der Waals surface area contributed by atoms with Crippen molar-refractivity contribution in [1.29, 1.82) is 0 Å². The lowest BCUT2D eigenvalue weighted by atomic mass is 10.2. The van der Waals surface area contributed by atoms with Crippen LogP contribution in [-0.4, -0.2) is 17.9 Å². The fourth-order valence-electron chi connectivity index (χ4n) is 1.31. The van der Waals surface area contributed by atoms with Crippen molar-refractivity contribution < 1.29 is 28.3 Å². The number of halogens is 2. The molecule has 1 radical (unpaired) electrons. The number of phenols is 2. The SMILES string of the molecule is Oc1c(F)cccc1O[B]Oc1cccc(F)c1O. The second kappa shape index (κ2) is 5.47. The molecule has 4 nitrogen and oxygen atoms in total. The van der Waals surface area contributed by atoms with Crippen molar-refractivity contribution in [3.8, 4) is 23.0 Å². The molecule has 0 unspecified atom stereocenters. The monoisotopic (exact) mass is 265 g/mol. The first-order valence-corrected chi connectivity index (χ1v) is 5.19. The van der Waals surface area contributed by atoms with Crippen LogP contribution >= 0.6 is 0 Å². The maximum absolute atomic E-state index is 13.0. The molecular weight excluding hydrogens is 257 g/mol. The molecule has 7 heteroatoms. The van der Waals surface area contributed by atoms with Crippen LogP contribution in [0.3, 0.4) is 0 Å². The highest BCUT2D eigenvalue weighted by molar-refractivity contribution is 6.21. The second-order valence-corrected chi connectivity index (χ2v) is 3.51. The highest BCUT2D eigenvalue weighted by Crippen LogP contribution is 2.30. The molecule has 0 saturated carbocycles. The molecular formula is C12H8BF2O4. The molecule has 2 N–H and O–H groups in total. The zero-order valence-corrected chi connectivity index (χ0v) is 9.51. The molecule has 0 atom stereocenters. The van der Waals surface area contributed by atoms with Gasteiger partial charge in [-0.25, -0.2) is 8.78 Å². The number of para-hydroxylation sites is 2. The molecule has 2 aromatic rings. The predicted octanol–water partition coefficient (Wildman–Crippen LogP) is 2.37. The molecule has 0 fully saturated rings.